The molecule has 2 heteroatoms. The summed E-state index contributed by atoms with van der Waals surface area (Å²) in [6.45, 7) is 14.9. The average molecular weight is 357 g/mol. The molecule has 0 bridgehead atoms. The summed E-state index contributed by atoms with van der Waals surface area (Å²) in [6, 6.07) is 3.73. The molecule has 0 aromatic heterocycles. The molecule has 1 aliphatic carbocycles. The third kappa shape index (κ3) is 4.52. The lowest BCUT2D eigenvalue weighted by Gasteiger charge is -2.28. The van der Waals surface area contributed by atoms with Gasteiger partial charge >= 0.3 is 0 Å². The number of phenols is 2. The summed E-state index contributed by atoms with van der Waals surface area (Å²) in [7, 11) is 0. The second-order valence-corrected chi connectivity index (χ2v) is 8.82. The topological polar surface area (TPSA) is 40.5 Å². The van der Waals surface area contributed by atoms with E-state index < -0.39 is 0 Å². The van der Waals surface area contributed by atoms with E-state index in [0.717, 1.165) is 24.0 Å². The zero-order chi connectivity index (χ0) is 19.5. The molecule has 0 saturated carbocycles. The molecule has 0 spiro atoms. The lowest BCUT2D eigenvalue weighted by Crippen LogP contribution is -2.17. The van der Waals surface area contributed by atoms with E-state index in [-0.39, 0.29) is 28.7 Å². The van der Waals surface area contributed by atoms with E-state index >= 15 is 0 Å². The van der Waals surface area contributed by atoms with Crippen molar-refractivity contribution in [2.24, 2.45) is 5.92 Å². The van der Waals surface area contributed by atoms with Gasteiger partial charge in [0.05, 0.1) is 0 Å². The van der Waals surface area contributed by atoms with Crippen LogP contribution in [0.25, 0.3) is 0 Å². The Labute approximate surface area is 159 Å². The van der Waals surface area contributed by atoms with Crippen molar-refractivity contribution in [1.29, 1.82) is 0 Å². The van der Waals surface area contributed by atoms with Gasteiger partial charge in [0.15, 0.2) is 0 Å². The number of hydrogen-bond acceptors (Lipinski definition) is 2. The van der Waals surface area contributed by atoms with E-state index in [9.17, 15) is 10.2 Å². The van der Waals surface area contributed by atoms with Crippen molar-refractivity contribution >= 4 is 0 Å². The third-order valence-corrected chi connectivity index (χ3v) is 5.98. The molecule has 0 heterocycles. The molecule has 0 unspecified atom stereocenters. The minimum absolute atomic E-state index is 0.00853. The molecule has 2 rings (SSSR count). The van der Waals surface area contributed by atoms with Gasteiger partial charge in [-0.1, -0.05) is 70.3 Å². The second kappa shape index (κ2) is 8.33. The van der Waals surface area contributed by atoms with Gasteiger partial charge in [0.25, 0.3) is 0 Å². The molecule has 1 aromatic rings. The molecule has 2 atom stereocenters. The number of aromatic hydroxyl groups is 2. The van der Waals surface area contributed by atoms with Gasteiger partial charge in [0.2, 0.25) is 0 Å². The highest BCUT2D eigenvalue weighted by atomic mass is 16.3. The van der Waals surface area contributed by atoms with Crippen molar-refractivity contribution < 1.29 is 10.2 Å². The fourth-order valence-electron chi connectivity index (χ4n) is 4.22. The summed E-state index contributed by atoms with van der Waals surface area (Å²) < 4.78 is 0. The fraction of sp³-hybridized carbons (Fsp3) is 0.583. The van der Waals surface area contributed by atoms with Gasteiger partial charge in [0.1, 0.15) is 11.5 Å². The third-order valence-electron chi connectivity index (χ3n) is 5.98. The molecule has 0 saturated heterocycles. The van der Waals surface area contributed by atoms with Gasteiger partial charge in [-0.3, -0.25) is 0 Å². The summed E-state index contributed by atoms with van der Waals surface area (Å²) in [5.41, 5.74) is 4.00. The maximum absolute atomic E-state index is 10.8. The summed E-state index contributed by atoms with van der Waals surface area (Å²) in [5.74, 6) is 0.682. The van der Waals surface area contributed by atoms with Crippen LogP contribution in [0.5, 0.6) is 11.5 Å². The van der Waals surface area contributed by atoms with Crippen LogP contribution in [0.2, 0.25) is 0 Å². The normalized spacial score (nSPS) is 20.3. The molecule has 0 fully saturated rings. The largest absolute Gasteiger partial charge is 0.507 e. The van der Waals surface area contributed by atoms with Crippen molar-refractivity contribution in [2.45, 2.75) is 84.5 Å². The van der Waals surface area contributed by atoms with Crippen LogP contribution in [-0.4, -0.2) is 10.2 Å². The van der Waals surface area contributed by atoms with Crippen LogP contribution in [-0.2, 0) is 5.41 Å². The number of rotatable bonds is 8. The SMILES string of the molecule is C=C(C)[C@@H]1CC(C)=C[C@H]1c1c(O)cc(C(C)(C)CCCCCC)cc1O. The van der Waals surface area contributed by atoms with Crippen LogP contribution in [0, 0.1) is 5.92 Å². The van der Waals surface area contributed by atoms with Crippen molar-refractivity contribution in [3.05, 3.63) is 47.1 Å². The second-order valence-electron chi connectivity index (χ2n) is 8.82. The molecule has 144 valence electrons. The summed E-state index contributed by atoms with van der Waals surface area (Å²) in [5, 5.41) is 21.5. The van der Waals surface area contributed by atoms with E-state index in [1.54, 1.807) is 0 Å². The molecule has 2 N–H and O–H groups in total. The van der Waals surface area contributed by atoms with Crippen molar-refractivity contribution in [3.8, 4) is 11.5 Å². The van der Waals surface area contributed by atoms with Gasteiger partial charge in [-0.05, 0) is 55.7 Å². The minimum Gasteiger partial charge on any atom is -0.507 e. The number of phenolic OH excluding ortho intramolecular Hbond substituents is 2. The molecule has 26 heavy (non-hydrogen) atoms. The minimum atomic E-state index is -0.0591. The fourth-order valence-corrected chi connectivity index (χ4v) is 4.22. The average Bonchev–Trinajstić information content (AvgIpc) is 2.92. The number of allylic oxidation sites excluding steroid dienone is 3. The molecule has 0 amide bonds. The van der Waals surface area contributed by atoms with Crippen LogP contribution in [0.15, 0.2) is 35.9 Å². The predicted molar refractivity (Wildman–Crippen MR) is 111 cm³/mol. The van der Waals surface area contributed by atoms with Gasteiger partial charge in [0, 0.05) is 11.5 Å². The Kier molecular flexibility index (Phi) is 6.60. The van der Waals surface area contributed by atoms with Crippen LogP contribution >= 0.6 is 0 Å². The molecule has 2 nitrogen and oxygen atoms in total. The summed E-state index contributed by atoms with van der Waals surface area (Å²) in [6.07, 6.45) is 9.08. The number of benzene rings is 1. The van der Waals surface area contributed by atoms with E-state index in [1.807, 2.05) is 19.1 Å². The van der Waals surface area contributed by atoms with E-state index in [4.69, 9.17) is 0 Å². The highest BCUT2D eigenvalue weighted by molar-refractivity contribution is 5.53. The first kappa shape index (κ1) is 20.6. The maximum atomic E-state index is 10.8. The lowest BCUT2D eigenvalue weighted by molar-refractivity contribution is 0.408. The Bertz CT molecular complexity index is 658. The predicted octanol–water partition coefficient (Wildman–Crippen LogP) is 6.97. The quantitative estimate of drug-likeness (QED) is 0.390. The summed E-state index contributed by atoms with van der Waals surface area (Å²) in [4.78, 5) is 0. The monoisotopic (exact) mass is 356 g/mol. The van der Waals surface area contributed by atoms with E-state index in [1.165, 1.54) is 31.3 Å². The Morgan fingerprint density at radius 3 is 2.31 bits per heavy atom. The molecular weight excluding hydrogens is 320 g/mol. The Balaban J connectivity index is 2.29. The van der Waals surface area contributed by atoms with E-state index in [0.29, 0.717) is 5.56 Å². The first-order chi connectivity index (χ1) is 12.2. The van der Waals surface area contributed by atoms with Gasteiger partial charge in [-0.2, -0.15) is 0 Å². The Morgan fingerprint density at radius 1 is 1.15 bits per heavy atom. The molecule has 1 aliphatic rings. The van der Waals surface area contributed by atoms with Crippen LogP contribution < -0.4 is 0 Å². The van der Waals surface area contributed by atoms with Crippen LogP contribution in [0.1, 0.15) is 90.2 Å². The lowest BCUT2D eigenvalue weighted by atomic mass is 9.77. The van der Waals surface area contributed by atoms with E-state index in [2.05, 4.69) is 40.3 Å². The first-order valence-electron chi connectivity index (χ1n) is 10.1. The van der Waals surface area contributed by atoms with Gasteiger partial charge in [-0.25, -0.2) is 0 Å². The highest BCUT2D eigenvalue weighted by Crippen LogP contribution is 2.49. The Hall–Kier alpha value is -1.70. The van der Waals surface area contributed by atoms with Crippen molar-refractivity contribution in [2.75, 3.05) is 0 Å². The smallest absolute Gasteiger partial charge is 0.123 e. The zero-order valence-electron chi connectivity index (χ0n) is 17.2. The molecule has 0 radical (unpaired) electrons. The maximum Gasteiger partial charge on any atom is 0.123 e. The molecule has 0 aliphatic heterocycles. The van der Waals surface area contributed by atoms with Gasteiger partial charge in [-0.15, -0.1) is 0 Å². The molecule has 1 aromatic carbocycles. The van der Waals surface area contributed by atoms with Crippen LogP contribution in [0.4, 0.5) is 0 Å². The summed E-state index contributed by atoms with van der Waals surface area (Å²) >= 11 is 0. The van der Waals surface area contributed by atoms with Crippen molar-refractivity contribution in [1.82, 2.24) is 0 Å². The van der Waals surface area contributed by atoms with Crippen LogP contribution in [0.3, 0.4) is 0 Å². The highest BCUT2D eigenvalue weighted by Gasteiger charge is 2.33. The molecular formula is C24H36O2. The number of unbranched alkanes of at least 4 members (excludes halogenated alkanes) is 3. The zero-order valence-corrected chi connectivity index (χ0v) is 17.2. The number of hydrogen-bond donors (Lipinski definition) is 2. The van der Waals surface area contributed by atoms with Crippen molar-refractivity contribution in [3.63, 3.8) is 0 Å². The Morgan fingerprint density at radius 2 is 1.77 bits per heavy atom. The first-order valence-corrected chi connectivity index (χ1v) is 10.1. The standard InChI is InChI=1S/C24H36O2/c1-7-8-9-10-11-24(5,6)18-14-21(25)23(22(26)15-18)20-13-17(4)12-19(20)16(2)3/h13-15,19-20,25-26H,2,7-12H2,1,3-6H3/t19-,20+/m0/s1. The van der Waals surface area contributed by atoms with Gasteiger partial charge < -0.3 is 10.2 Å².